The van der Waals surface area contributed by atoms with Crippen molar-refractivity contribution in [1.82, 2.24) is 23.1 Å². The highest BCUT2D eigenvalue weighted by Crippen LogP contribution is 2.22. The van der Waals surface area contributed by atoms with Crippen LogP contribution in [0.3, 0.4) is 0 Å². The Morgan fingerprint density at radius 3 is 2.73 bits per heavy atom. The number of imidazole rings is 1. The predicted octanol–water partition coefficient (Wildman–Crippen LogP) is 1.26. The summed E-state index contributed by atoms with van der Waals surface area (Å²) in [5.41, 5.74) is 1.46. The maximum Gasteiger partial charge on any atom is 0.332 e. The molecule has 0 saturated heterocycles. The van der Waals surface area contributed by atoms with E-state index in [2.05, 4.69) is 11.1 Å². The summed E-state index contributed by atoms with van der Waals surface area (Å²) in [4.78, 5) is 28.9. The zero-order valence-electron chi connectivity index (χ0n) is 14.0. The molecular weight excluding hydrogens is 356 g/mol. The number of rotatable bonds is 2. The first-order valence-corrected chi connectivity index (χ1v) is 8.12. The Morgan fingerprint density at radius 2 is 2.00 bits per heavy atom. The summed E-state index contributed by atoms with van der Waals surface area (Å²) < 4.78 is 5.65. The smallest absolute Gasteiger partial charge is 0.322 e. The molecular formula is C17H13ClN6O2. The highest BCUT2D eigenvalue weighted by molar-refractivity contribution is 6.29. The second kappa shape index (κ2) is 5.61. The van der Waals surface area contributed by atoms with Crippen molar-refractivity contribution >= 4 is 28.3 Å². The van der Waals surface area contributed by atoms with Crippen LogP contribution in [0, 0.1) is 11.3 Å². The number of fused-ring (bicyclic) bond motifs is 2. The molecule has 0 atom stereocenters. The quantitative estimate of drug-likeness (QED) is 0.498. The van der Waals surface area contributed by atoms with Crippen molar-refractivity contribution in [2.45, 2.75) is 6.54 Å². The molecule has 0 spiro atoms. The first-order chi connectivity index (χ1) is 12.4. The molecule has 0 N–H and O–H groups in total. The SMILES string of the molecule is Cn1c(=O)c2c(nc(Cl)n2Cc2cn3ccccc3c2C#N)n(C)c1=O. The molecule has 0 aliphatic carbocycles. The Kier molecular flexibility index (Phi) is 3.49. The van der Waals surface area contributed by atoms with Crippen molar-refractivity contribution in [2.75, 3.05) is 0 Å². The molecule has 0 aliphatic heterocycles. The van der Waals surface area contributed by atoms with Gasteiger partial charge in [-0.3, -0.25) is 13.9 Å². The largest absolute Gasteiger partial charge is 0.332 e. The second-order valence-corrected chi connectivity index (χ2v) is 6.32. The van der Waals surface area contributed by atoms with Crippen molar-refractivity contribution in [1.29, 1.82) is 5.26 Å². The highest BCUT2D eigenvalue weighted by atomic mass is 35.5. The predicted molar refractivity (Wildman–Crippen MR) is 96.4 cm³/mol. The fraction of sp³-hybridized carbons (Fsp3) is 0.176. The zero-order chi connectivity index (χ0) is 18.6. The normalized spacial score (nSPS) is 11.3. The molecule has 26 heavy (non-hydrogen) atoms. The minimum absolute atomic E-state index is 0.0810. The molecule has 130 valence electrons. The van der Waals surface area contributed by atoms with Gasteiger partial charge in [0.15, 0.2) is 11.2 Å². The van der Waals surface area contributed by atoms with E-state index in [9.17, 15) is 14.9 Å². The van der Waals surface area contributed by atoms with Gasteiger partial charge in [-0.1, -0.05) is 6.07 Å². The van der Waals surface area contributed by atoms with Crippen molar-refractivity contribution in [3.63, 3.8) is 0 Å². The monoisotopic (exact) mass is 368 g/mol. The Morgan fingerprint density at radius 1 is 1.23 bits per heavy atom. The van der Waals surface area contributed by atoms with E-state index < -0.39 is 11.2 Å². The fourth-order valence-corrected chi connectivity index (χ4v) is 3.39. The average Bonchev–Trinajstić information content (AvgIpc) is 3.16. The van der Waals surface area contributed by atoms with E-state index in [1.54, 1.807) is 0 Å². The molecule has 4 aromatic rings. The molecule has 4 rings (SSSR count). The van der Waals surface area contributed by atoms with E-state index in [0.717, 1.165) is 10.1 Å². The van der Waals surface area contributed by atoms with Gasteiger partial charge in [-0.25, -0.2) is 4.79 Å². The van der Waals surface area contributed by atoms with Gasteiger partial charge in [0, 0.05) is 32.1 Å². The molecule has 9 heteroatoms. The summed E-state index contributed by atoms with van der Waals surface area (Å²) >= 11 is 6.26. The Hall–Kier alpha value is -3.31. The van der Waals surface area contributed by atoms with Crippen molar-refractivity contribution in [3.05, 3.63) is 67.8 Å². The molecule has 4 aromatic heterocycles. The van der Waals surface area contributed by atoms with Gasteiger partial charge in [0.1, 0.15) is 6.07 Å². The lowest BCUT2D eigenvalue weighted by Crippen LogP contribution is -2.37. The lowest BCUT2D eigenvalue weighted by molar-refractivity contribution is 0.702. The standard InChI is InChI=1S/C17H13ClN6O2/c1-21-14-13(15(25)22(2)17(21)26)24(16(18)20-14)9-10-8-23-6-4-3-5-12(23)11(10)7-19/h3-6,8H,9H2,1-2H3. The van der Waals surface area contributed by atoms with Crippen LogP contribution in [0.4, 0.5) is 0 Å². The van der Waals surface area contributed by atoms with Crippen LogP contribution in [0.15, 0.2) is 40.2 Å². The number of pyridine rings is 1. The van der Waals surface area contributed by atoms with E-state index in [1.165, 1.54) is 23.2 Å². The maximum absolute atomic E-state index is 12.6. The molecule has 0 bridgehead atoms. The molecule has 0 radical (unpaired) electrons. The average molecular weight is 369 g/mol. The van der Waals surface area contributed by atoms with E-state index in [-0.39, 0.29) is 23.0 Å². The van der Waals surface area contributed by atoms with Crippen LogP contribution in [0.5, 0.6) is 0 Å². The maximum atomic E-state index is 12.6. The van der Waals surface area contributed by atoms with Gasteiger partial charge in [0.2, 0.25) is 5.28 Å². The van der Waals surface area contributed by atoms with E-state index in [1.807, 2.05) is 35.0 Å². The fourth-order valence-electron chi connectivity index (χ4n) is 3.16. The Labute approximate surface area is 151 Å². The Balaban J connectivity index is 2.00. The van der Waals surface area contributed by atoms with Gasteiger partial charge in [0.05, 0.1) is 17.6 Å². The molecule has 0 fully saturated rings. The lowest BCUT2D eigenvalue weighted by Gasteiger charge is -2.06. The Bertz CT molecular complexity index is 1350. The van der Waals surface area contributed by atoms with Crippen LogP contribution in [0.25, 0.3) is 16.7 Å². The third-order valence-electron chi connectivity index (χ3n) is 4.50. The lowest BCUT2D eigenvalue weighted by atomic mass is 10.2. The summed E-state index contributed by atoms with van der Waals surface area (Å²) in [6.45, 7) is 0.188. The summed E-state index contributed by atoms with van der Waals surface area (Å²) in [7, 11) is 2.94. The van der Waals surface area contributed by atoms with Crippen molar-refractivity contribution in [3.8, 4) is 6.07 Å². The molecule has 0 unspecified atom stereocenters. The van der Waals surface area contributed by atoms with Crippen LogP contribution in [-0.4, -0.2) is 23.1 Å². The summed E-state index contributed by atoms with van der Waals surface area (Å²) in [6, 6.07) is 7.77. The number of aromatic nitrogens is 5. The molecule has 0 amide bonds. The third kappa shape index (κ3) is 2.11. The highest BCUT2D eigenvalue weighted by Gasteiger charge is 2.20. The van der Waals surface area contributed by atoms with Crippen LogP contribution in [0.2, 0.25) is 5.28 Å². The number of nitrogens with zero attached hydrogens (tertiary/aromatic N) is 6. The van der Waals surface area contributed by atoms with Gasteiger partial charge in [-0.05, 0) is 23.7 Å². The van der Waals surface area contributed by atoms with Gasteiger partial charge < -0.3 is 8.97 Å². The number of halogens is 1. The van der Waals surface area contributed by atoms with Crippen molar-refractivity contribution in [2.24, 2.45) is 14.1 Å². The van der Waals surface area contributed by atoms with E-state index in [4.69, 9.17) is 11.6 Å². The molecule has 0 saturated carbocycles. The molecule has 0 aliphatic rings. The van der Waals surface area contributed by atoms with Gasteiger partial charge in [0.25, 0.3) is 5.56 Å². The summed E-state index contributed by atoms with van der Waals surface area (Å²) in [5.74, 6) is 0. The molecule has 4 heterocycles. The molecule has 8 nitrogen and oxygen atoms in total. The number of nitriles is 1. The van der Waals surface area contributed by atoms with Gasteiger partial charge in [-0.15, -0.1) is 0 Å². The summed E-state index contributed by atoms with van der Waals surface area (Å²) in [5, 5.41) is 9.64. The number of hydrogen-bond donors (Lipinski definition) is 0. The van der Waals surface area contributed by atoms with Crippen LogP contribution in [-0.2, 0) is 20.6 Å². The topological polar surface area (TPSA) is 90.0 Å². The minimum atomic E-state index is -0.482. The third-order valence-corrected chi connectivity index (χ3v) is 4.79. The molecule has 0 aromatic carbocycles. The number of aryl methyl sites for hydroxylation is 1. The van der Waals surface area contributed by atoms with Crippen LogP contribution < -0.4 is 11.2 Å². The van der Waals surface area contributed by atoms with Crippen LogP contribution >= 0.6 is 11.6 Å². The zero-order valence-corrected chi connectivity index (χ0v) is 14.7. The minimum Gasteiger partial charge on any atom is -0.322 e. The first kappa shape index (κ1) is 16.2. The first-order valence-electron chi connectivity index (χ1n) is 7.74. The van der Waals surface area contributed by atoms with Gasteiger partial charge >= 0.3 is 5.69 Å². The van der Waals surface area contributed by atoms with E-state index in [0.29, 0.717) is 11.1 Å². The van der Waals surface area contributed by atoms with Crippen molar-refractivity contribution < 1.29 is 0 Å². The van der Waals surface area contributed by atoms with Crippen LogP contribution in [0.1, 0.15) is 11.1 Å². The summed E-state index contributed by atoms with van der Waals surface area (Å²) in [6.07, 6.45) is 3.67. The number of hydrogen-bond acceptors (Lipinski definition) is 4. The van der Waals surface area contributed by atoms with E-state index >= 15 is 0 Å². The van der Waals surface area contributed by atoms with Gasteiger partial charge in [-0.2, -0.15) is 10.2 Å². The second-order valence-electron chi connectivity index (χ2n) is 5.98.